The molecule has 0 saturated carbocycles. The monoisotopic (exact) mass is 491 g/mol. The van der Waals surface area contributed by atoms with Crippen LogP contribution in [-0.4, -0.2) is 61.9 Å². The lowest BCUT2D eigenvalue weighted by Crippen LogP contribution is -2.44. The maximum absolute atomic E-state index is 13.9. The smallest absolute Gasteiger partial charge is 0.241 e. The Morgan fingerprint density at radius 3 is 2.59 bits per heavy atom. The largest absolute Gasteiger partial charge is 0.357 e. The van der Waals surface area contributed by atoms with Crippen LogP contribution in [0.3, 0.4) is 0 Å². The van der Waals surface area contributed by atoms with E-state index < -0.39 is 0 Å². The second-order valence-electron chi connectivity index (χ2n) is 6.80. The topological polar surface area (TPSA) is 60.0 Å². The lowest BCUT2D eigenvalue weighted by atomic mass is 10.1. The van der Waals surface area contributed by atoms with Gasteiger partial charge in [-0.2, -0.15) is 0 Å². The zero-order chi connectivity index (χ0) is 18.9. The number of nitrogens with zero attached hydrogens (tertiary/aromatic N) is 3. The number of benzene rings is 1. The number of aliphatic imine (C=N–C) groups is 1. The van der Waals surface area contributed by atoms with Crippen LogP contribution in [0, 0.1) is 5.82 Å². The average molecular weight is 491 g/mol. The summed E-state index contributed by atoms with van der Waals surface area (Å²) in [5.74, 6) is 0.495. The summed E-state index contributed by atoms with van der Waals surface area (Å²) in [6.45, 7) is 5.59. The molecule has 1 saturated heterocycles. The average Bonchev–Trinajstić information content (AvgIpc) is 3.14. The number of hydrogen-bond donors (Lipinski definition) is 2. The highest BCUT2D eigenvalue weighted by Crippen LogP contribution is 2.13. The normalized spacial score (nSPS) is 14.3. The summed E-state index contributed by atoms with van der Waals surface area (Å²) in [6.07, 6.45) is 2.17. The minimum Gasteiger partial charge on any atom is -0.357 e. The third-order valence-corrected chi connectivity index (χ3v) is 4.23. The molecule has 1 amide bonds. The molecule has 0 aliphatic carbocycles. The summed E-state index contributed by atoms with van der Waals surface area (Å²) in [5.41, 5.74) is 1.59. The van der Waals surface area contributed by atoms with E-state index >= 15 is 0 Å². The first-order valence-electron chi connectivity index (χ1n) is 9.21. The van der Waals surface area contributed by atoms with Crippen LogP contribution in [0.1, 0.15) is 30.9 Å². The number of rotatable bonds is 7. The van der Waals surface area contributed by atoms with Crippen LogP contribution >= 0.6 is 24.0 Å². The van der Waals surface area contributed by atoms with Gasteiger partial charge >= 0.3 is 0 Å². The molecular formula is C19H31FIN5O. The van der Waals surface area contributed by atoms with Gasteiger partial charge in [0.15, 0.2) is 5.96 Å². The fourth-order valence-electron chi connectivity index (χ4n) is 2.94. The number of amides is 1. The number of likely N-dealkylation sites (tertiary alicyclic amines) is 1. The number of carbonyl (C=O) groups is 1. The predicted octanol–water partition coefficient (Wildman–Crippen LogP) is 2.18. The molecule has 1 aliphatic heterocycles. The van der Waals surface area contributed by atoms with Gasteiger partial charge in [-0.3, -0.25) is 4.79 Å². The van der Waals surface area contributed by atoms with Gasteiger partial charge in [0.1, 0.15) is 5.82 Å². The van der Waals surface area contributed by atoms with Crippen molar-refractivity contribution in [3.8, 4) is 0 Å². The van der Waals surface area contributed by atoms with Gasteiger partial charge in [0.25, 0.3) is 0 Å². The van der Waals surface area contributed by atoms with Crippen molar-refractivity contribution >= 4 is 35.8 Å². The maximum atomic E-state index is 13.9. The molecule has 8 heteroatoms. The molecule has 1 heterocycles. The first-order valence-corrected chi connectivity index (χ1v) is 9.21. The van der Waals surface area contributed by atoms with Crippen molar-refractivity contribution in [1.82, 2.24) is 20.4 Å². The van der Waals surface area contributed by atoms with E-state index in [0.29, 0.717) is 31.2 Å². The highest BCUT2D eigenvalue weighted by atomic mass is 127. The van der Waals surface area contributed by atoms with Gasteiger partial charge in [0.05, 0.1) is 13.1 Å². The standard InChI is InChI=1S/C19H30FN5O.HI/c1-4-21-19(23-13-18(26)25-9-5-6-10-25)22-12-15-7-8-17(20)16(11-15)14-24(2)3;/h7-8,11H,4-6,9-10,12-14H2,1-3H3,(H2,21,22,23);1H. The van der Waals surface area contributed by atoms with Crippen LogP contribution in [-0.2, 0) is 17.9 Å². The summed E-state index contributed by atoms with van der Waals surface area (Å²) in [5, 5.41) is 6.23. The molecule has 0 spiro atoms. The van der Waals surface area contributed by atoms with Gasteiger partial charge in [-0.1, -0.05) is 6.07 Å². The van der Waals surface area contributed by atoms with E-state index in [1.54, 1.807) is 6.07 Å². The molecule has 2 N–H and O–H groups in total. The van der Waals surface area contributed by atoms with Crippen LogP contribution in [0.15, 0.2) is 23.2 Å². The molecule has 0 atom stereocenters. The van der Waals surface area contributed by atoms with Crippen molar-refractivity contribution in [1.29, 1.82) is 0 Å². The number of halogens is 2. The predicted molar refractivity (Wildman–Crippen MR) is 118 cm³/mol. The first-order chi connectivity index (χ1) is 12.5. The second-order valence-corrected chi connectivity index (χ2v) is 6.80. The number of carbonyl (C=O) groups excluding carboxylic acids is 1. The molecule has 6 nitrogen and oxygen atoms in total. The van der Waals surface area contributed by atoms with Gasteiger partial charge in [-0.05, 0) is 51.6 Å². The molecule has 0 bridgehead atoms. The van der Waals surface area contributed by atoms with Crippen LogP contribution in [0.4, 0.5) is 4.39 Å². The molecule has 152 valence electrons. The fraction of sp³-hybridized carbons (Fsp3) is 0.579. The number of nitrogens with one attached hydrogen (secondary N) is 2. The minimum atomic E-state index is -0.201. The van der Waals surface area contributed by atoms with Gasteiger partial charge in [0.2, 0.25) is 5.91 Å². The van der Waals surface area contributed by atoms with E-state index in [-0.39, 0.29) is 42.2 Å². The molecular weight excluding hydrogens is 460 g/mol. The highest BCUT2D eigenvalue weighted by molar-refractivity contribution is 14.0. The summed E-state index contributed by atoms with van der Waals surface area (Å²) in [7, 11) is 3.82. The zero-order valence-corrected chi connectivity index (χ0v) is 18.8. The molecule has 0 unspecified atom stereocenters. The summed E-state index contributed by atoms with van der Waals surface area (Å²) in [4.78, 5) is 20.5. The SMILES string of the molecule is CCNC(=NCc1ccc(F)c(CN(C)C)c1)NCC(=O)N1CCCC1.I. The Morgan fingerprint density at radius 2 is 1.96 bits per heavy atom. The molecule has 1 aliphatic rings. The molecule has 0 radical (unpaired) electrons. The van der Waals surface area contributed by atoms with Crippen LogP contribution in [0.25, 0.3) is 0 Å². The molecule has 2 rings (SSSR count). The molecule has 0 aromatic heterocycles. The van der Waals surface area contributed by atoms with Gasteiger partial charge in [0, 0.05) is 31.7 Å². The third kappa shape index (κ3) is 8.00. The number of guanidine groups is 1. The Balaban J connectivity index is 0.00000364. The van der Waals surface area contributed by atoms with E-state index in [1.807, 2.05) is 36.9 Å². The lowest BCUT2D eigenvalue weighted by Gasteiger charge is -2.17. The number of hydrogen-bond acceptors (Lipinski definition) is 3. The Morgan fingerprint density at radius 1 is 1.26 bits per heavy atom. The molecule has 27 heavy (non-hydrogen) atoms. The van der Waals surface area contributed by atoms with Crippen molar-refractivity contribution in [2.45, 2.75) is 32.9 Å². The third-order valence-electron chi connectivity index (χ3n) is 4.23. The van der Waals surface area contributed by atoms with Crippen LogP contribution in [0.5, 0.6) is 0 Å². The van der Waals surface area contributed by atoms with Crippen LogP contribution < -0.4 is 10.6 Å². The van der Waals surface area contributed by atoms with Gasteiger partial charge in [-0.15, -0.1) is 24.0 Å². The van der Waals surface area contributed by atoms with Gasteiger partial charge in [-0.25, -0.2) is 9.38 Å². The van der Waals surface area contributed by atoms with Crippen molar-refractivity contribution < 1.29 is 9.18 Å². The summed E-state index contributed by atoms with van der Waals surface area (Å²) in [6, 6.07) is 5.08. The Labute approximate surface area is 178 Å². The highest BCUT2D eigenvalue weighted by Gasteiger charge is 2.17. The van der Waals surface area contributed by atoms with Crippen LogP contribution in [0.2, 0.25) is 0 Å². The Hall–Kier alpha value is -1.42. The van der Waals surface area contributed by atoms with Gasteiger partial charge < -0.3 is 20.4 Å². The van der Waals surface area contributed by atoms with Crippen molar-refractivity contribution in [2.75, 3.05) is 40.3 Å². The molecule has 1 aromatic carbocycles. The Bertz CT molecular complexity index is 633. The van der Waals surface area contributed by atoms with Crippen molar-refractivity contribution in [2.24, 2.45) is 4.99 Å². The van der Waals surface area contributed by atoms with E-state index in [1.165, 1.54) is 6.07 Å². The summed E-state index contributed by atoms with van der Waals surface area (Å²) >= 11 is 0. The summed E-state index contributed by atoms with van der Waals surface area (Å²) < 4.78 is 13.9. The van der Waals surface area contributed by atoms with E-state index in [9.17, 15) is 9.18 Å². The van der Waals surface area contributed by atoms with Crippen molar-refractivity contribution in [3.05, 3.63) is 35.1 Å². The molecule has 1 aromatic rings. The molecule has 1 fully saturated rings. The second kappa shape index (κ2) is 12.1. The first kappa shape index (κ1) is 23.6. The van der Waals surface area contributed by atoms with E-state index in [2.05, 4.69) is 15.6 Å². The minimum absolute atomic E-state index is 0. The van der Waals surface area contributed by atoms with E-state index in [0.717, 1.165) is 31.5 Å². The lowest BCUT2D eigenvalue weighted by molar-refractivity contribution is -0.128. The maximum Gasteiger partial charge on any atom is 0.241 e. The quantitative estimate of drug-likeness (QED) is 0.349. The Kier molecular flexibility index (Phi) is 10.6. The zero-order valence-electron chi connectivity index (χ0n) is 16.4. The fourth-order valence-corrected chi connectivity index (χ4v) is 2.94. The van der Waals surface area contributed by atoms with E-state index in [4.69, 9.17) is 0 Å². The van der Waals surface area contributed by atoms with Crippen molar-refractivity contribution in [3.63, 3.8) is 0 Å².